The van der Waals surface area contributed by atoms with Crippen LogP contribution < -0.4 is 15.0 Å². The predicted octanol–water partition coefficient (Wildman–Crippen LogP) is 1.57. The quantitative estimate of drug-likeness (QED) is 0.893. The standard InChI is InChI=1S/C15H21N5O/c1-11-8-20(9-12(2)16-11)15-17-14(18-19-15)10-21-13-6-4-3-5-7-13/h3-7,11-12,16H,8-10H2,1-2H3,(H,17,18,19). The Kier molecular flexibility index (Phi) is 4.06. The third kappa shape index (κ3) is 3.52. The molecule has 1 aromatic carbocycles. The van der Waals surface area contributed by atoms with Gasteiger partial charge in [-0.05, 0) is 26.0 Å². The predicted molar refractivity (Wildman–Crippen MR) is 81.4 cm³/mol. The van der Waals surface area contributed by atoms with Crippen LogP contribution in [0.5, 0.6) is 5.75 Å². The number of rotatable bonds is 4. The molecule has 1 aromatic heterocycles. The summed E-state index contributed by atoms with van der Waals surface area (Å²) in [5.74, 6) is 2.33. The number of benzene rings is 1. The SMILES string of the molecule is CC1CN(c2n[nH]c(COc3ccccc3)n2)CC(C)N1. The van der Waals surface area contributed by atoms with Crippen LogP contribution in [0.2, 0.25) is 0 Å². The van der Waals surface area contributed by atoms with Crippen molar-refractivity contribution in [2.24, 2.45) is 0 Å². The number of hydrogen-bond acceptors (Lipinski definition) is 5. The van der Waals surface area contributed by atoms with Gasteiger partial charge in [-0.1, -0.05) is 18.2 Å². The van der Waals surface area contributed by atoms with Crippen molar-refractivity contribution in [2.45, 2.75) is 32.5 Å². The Morgan fingerprint density at radius 2 is 1.90 bits per heavy atom. The third-order valence-corrected chi connectivity index (χ3v) is 3.48. The zero-order valence-electron chi connectivity index (χ0n) is 12.4. The van der Waals surface area contributed by atoms with Crippen molar-refractivity contribution in [1.29, 1.82) is 0 Å². The van der Waals surface area contributed by atoms with Gasteiger partial charge in [0.2, 0.25) is 5.95 Å². The smallest absolute Gasteiger partial charge is 0.244 e. The fourth-order valence-corrected chi connectivity index (χ4v) is 2.65. The summed E-state index contributed by atoms with van der Waals surface area (Å²) in [4.78, 5) is 6.73. The van der Waals surface area contributed by atoms with E-state index in [1.807, 2.05) is 30.3 Å². The topological polar surface area (TPSA) is 66.1 Å². The molecule has 1 aliphatic rings. The first kappa shape index (κ1) is 13.9. The Hall–Kier alpha value is -2.08. The molecule has 3 rings (SSSR count). The summed E-state index contributed by atoms with van der Waals surface area (Å²) in [7, 11) is 0. The van der Waals surface area contributed by atoms with Crippen LogP contribution in [0.25, 0.3) is 0 Å². The molecule has 2 heterocycles. The summed E-state index contributed by atoms with van der Waals surface area (Å²) in [5.41, 5.74) is 0. The maximum atomic E-state index is 5.67. The molecule has 21 heavy (non-hydrogen) atoms. The first-order valence-electron chi connectivity index (χ1n) is 7.31. The second kappa shape index (κ2) is 6.13. The molecule has 1 saturated heterocycles. The number of piperazine rings is 1. The number of nitrogens with one attached hydrogen (secondary N) is 2. The molecule has 0 bridgehead atoms. The van der Waals surface area contributed by atoms with E-state index < -0.39 is 0 Å². The number of hydrogen-bond donors (Lipinski definition) is 2. The lowest BCUT2D eigenvalue weighted by Crippen LogP contribution is -2.54. The fraction of sp³-hybridized carbons (Fsp3) is 0.467. The Morgan fingerprint density at radius 1 is 1.19 bits per heavy atom. The molecule has 2 N–H and O–H groups in total. The Morgan fingerprint density at radius 3 is 2.62 bits per heavy atom. The van der Waals surface area contributed by atoms with E-state index in [0.29, 0.717) is 18.7 Å². The van der Waals surface area contributed by atoms with Crippen LogP contribution in [0.3, 0.4) is 0 Å². The number of H-pyrrole nitrogens is 1. The van der Waals surface area contributed by atoms with E-state index in [4.69, 9.17) is 4.74 Å². The van der Waals surface area contributed by atoms with Crippen LogP contribution in [-0.2, 0) is 6.61 Å². The molecule has 2 aromatic rings. The van der Waals surface area contributed by atoms with Crippen LogP contribution in [0.15, 0.2) is 30.3 Å². The van der Waals surface area contributed by atoms with Crippen molar-refractivity contribution >= 4 is 5.95 Å². The highest BCUT2D eigenvalue weighted by molar-refractivity contribution is 5.31. The van der Waals surface area contributed by atoms with Gasteiger partial charge in [0.25, 0.3) is 0 Å². The Bertz CT molecular complexity index is 560. The van der Waals surface area contributed by atoms with Gasteiger partial charge in [0.05, 0.1) is 0 Å². The minimum absolute atomic E-state index is 0.397. The van der Waals surface area contributed by atoms with Crippen molar-refractivity contribution in [3.8, 4) is 5.75 Å². The highest BCUT2D eigenvalue weighted by Crippen LogP contribution is 2.14. The van der Waals surface area contributed by atoms with E-state index in [2.05, 4.69) is 39.2 Å². The average Bonchev–Trinajstić information content (AvgIpc) is 2.94. The summed E-state index contributed by atoms with van der Waals surface area (Å²) in [5, 5.41) is 10.8. The van der Waals surface area contributed by atoms with E-state index in [0.717, 1.165) is 30.6 Å². The van der Waals surface area contributed by atoms with E-state index in [1.54, 1.807) is 0 Å². The van der Waals surface area contributed by atoms with Gasteiger partial charge in [0.1, 0.15) is 12.4 Å². The first-order chi connectivity index (χ1) is 10.2. The van der Waals surface area contributed by atoms with Crippen LogP contribution in [0, 0.1) is 0 Å². The molecule has 0 radical (unpaired) electrons. The maximum Gasteiger partial charge on any atom is 0.244 e. The Balaban J connectivity index is 1.61. The molecule has 2 atom stereocenters. The van der Waals surface area contributed by atoms with Crippen LogP contribution in [-0.4, -0.2) is 40.4 Å². The second-order valence-corrected chi connectivity index (χ2v) is 5.56. The highest BCUT2D eigenvalue weighted by atomic mass is 16.5. The number of aromatic amines is 1. The van der Waals surface area contributed by atoms with Crippen molar-refractivity contribution in [3.05, 3.63) is 36.2 Å². The van der Waals surface area contributed by atoms with Gasteiger partial charge >= 0.3 is 0 Å². The normalized spacial score (nSPS) is 22.3. The fourth-order valence-electron chi connectivity index (χ4n) is 2.65. The molecule has 112 valence electrons. The number of nitrogens with zero attached hydrogens (tertiary/aromatic N) is 3. The molecular weight excluding hydrogens is 266 g/mol. The molecule has 0 spiro atoms. The zero-order chi connectivity index (χ0) is 14.7. The van der Waals surface area contributed by atoms with Gasteiger partial charge in [0, 0.05) is 25.2 Å². The van der Waals surface area contributed by atoms with Gasteiger partial charge in [-0.3, -0.25) is 5.10 Å². The average molecular weight is 287 g/mol. The molecule has 1 aliphatic heterocycles. The summed E-state index contributed by atoms with van der Waals surface area (Å²) in [6, 6.07) is 10.6. The first-order valence-corrected chi connectivity index (χ1v) is 7.31. The van der Waals surface area contributed by atoms with Gasteiger partial charge in [0.15, 0.2) is 5.82 Å². The minimum atomic E-state index is 0.397. The largest absolute Gasteiger partial charge is 0.486 e. The molecule has 6 heteroatoms. The highest BCUT2D eigenvalue weighted by Gasteiger charge is 2.23. The van der Waals surface area contributed by atoms with E-state index in [1.165, 1.54) is 0 Å². The molecule has 0 saturated carbocycles. The number of para-hydroxylation sites is 1. The number of ether oxygens (including phenoxy) is 1. The molecule has 6 nitrogen and oxygen atoms in total. The van der Waals surface area contributed by atoms with E-state index in [9.17, 15) is 0 Å². The lowest BCUT2D eigenvalue weighted by molar-refractivity contribution is 0.296. The van der Waals surface area contributed by atoms with Gasteiger partial charge < -0.3 is 15.0 Å². The molecule has 0 aliphatic carbocycles. The van der Waals surface area contributed by atoms with Crippen molar-refractivity contribution in [2.75, 3.05) is 18.0 Å². The van der Waals surface area contributed by atoms with Gasteiger partial charge in [-0.2, -0.15) is 4.98 Å². The molecule has 1 fully saturated rings. The van der Waals surface area contributed by atoms with E-state index >= 15 is 0 Å². The molecule has 0 amide bonds. The van der Waals surface area contributed by atoms with Gasteiger partial charge in [-0.25, -0.2) is 0 Å². The minimum Gasteiger partial charge on any atom is -0.486 e. The van der Waals surface area contributed by atoms with Crippen molar-refractivity contribution < 1.29 is 4.74 Å². The lowest BCUT2D eigenvalue weighted by Gasteiger charge is -2.35. The van der Waals surface area contributed by atoms with E-state index in [-0.39, 0.29) is 0 Å². The van der Waals surface area contributed by atoms with Crippen molar-refractivity contribution in [3.63, 3.8) is 0 Å². The number of anilines is 1. The molecule has 2 unspecified atom stereocenters. The summed E-state index contributed by atoms with van der Waals surface area (Å²) >= 11 is 0. The van der Waals surface area contributed by atoms with Crippen LogP contribution in [0.1, 0.15) is 19.7 Å². The van der Waals surface area contributed by atoms with Crippen molar-refractivity contribution in [1.82, 2.24) is 20.5 Å². The summed E-state index contributed by atoms with van der Waals surface area (Å²) in [6.07, 6.45) is 0. The third-order valence-electron chi connectivity index (χ3n) is 3.48. The number of aromatic nitrogens is 3. The second-order valence-electron chi connectivity index (χ2n) is 5.56. The van der Waals surface area contributed by atoms with Crippen LogP contribution >= 0.6 is 0 Å². The monoisotopic (exact) mass is 287 g/mol. The Labute approximate surface area is 124 Å². The lowest BCUT2D eigenvalue weighted by atomic mass is 10.1. The zero-order valence-corrected chi connectivity index (χ0v) is 12.4. The van der Waals surface area contributed by atoms with Gasteiger partial charge in [-0.15, -0.1) is 5.10 Å². The molecular formula is C15H21N5O. The summed E-state index contributed by atoms with van der Waals surface area (Å²) < 4.78 is 5.67. The van der Waals surface area contributed by atoms with Crippen LogP contribution in [0.4, 0.5) is 5.95 Å². The summed E-state index contributed by atoms with van der Waals surface area (Å²) in [6.45, 7) is 6.58. The maximum absolute atomic E-state index is 5.67.